The van der Waals surface area contributed by atoms with Crippen molar-refractivity contribution in [3.63, 3.8) is 0 Å². The van der Waals surface area contributed by atoms with Crippen LogP contribution in [0, 0.1) is 0 Å². The number of hydrogen-bond acceptors (Lipinski definition) is 5. The second-order valence-electron chi connectivity index (χ2n) is 5.07. The van der Waals surface area contributed by atoms with Crippen molar-refractivity contribution in [1.82, 2.24) is 25.2 Å². The van der Waals surface area contributed by atoms with Crippen LogP contribution in [0.15, 0.2) is 6.20 Å². The Morgan fingerprint density at radius 3 is 2.62 bits per heavy atom. The van der Waals surface area contributed by atoms with E-state index in [0.29, 0.717) is 17.6 Å². The molecule has 11 heteroatoms. The fourth-order valence-electron chi connectivity index (χ4n) is 1.96. The van der Waals surface area contributed by atoms with Gasteiger partial charge < -0.3 is 16.0 Å². The third-order valence-corrected chi connectivity index (χ3v) is 3.22. The normalized spacial score (nSPS) is 12.0. The molecule has 0 radical (unpaired) electrons. The molecular weight excluding hydrogens is 326 g/mol. The Morgan fingerprint density at radius 2 is 2.08 bits per heavy atom. The standard InChI is InChI=1S/C13H20F2N6O3/c1-3-4-9(12(16)23)20(2)11(22)6-17-13(24)8-5-18-21(19-8)7-10(14)15/h5,9-10H,3-4,6-7H2,1-2H3,(H2,16,23)(H,17,24). The average Bonchev–Trinajstić information content (AvgIpc) is 2.96. The number of carbonyl (C=O) groups excluding carboxylic acids is 3. The van der Waals surface area contributed by atoms with Crippen molar-refractivity contribution in [3.05, 3.63) is 11.9 Å². The highest BCUT2D eigenvalue weighted by molar-refractivity contribution is 5.95. The number of nitrogens with one attached hydrogen (secondary N) is 1. The SMILES string of the molecule is CCCC(C(N)=O)N(C)C(=O)CNC(=O)c1cnn(CC(F)F)n1. The summed E-state index contributed by atoms with van der Waals surface area (Å²) >= 11 is 0. The molecule has 0 spiro atoms. The maximum Gasteiger partial charge on any atom is 0.273 e. The van der Waals surface area contributed by atoms with E-state index in [0.717, 1.165) is 6.20 Å². The van der Waals surface area contributed by atoms with E-state index < -0.39 is 36.7 Å². The average molecular weight is 346 g/mol. The largest absolute Gasteiger partial charge is 0.368 e. The van der Waals surface area contributed by atoms with Crippen LogP contribution in [0.4, 0.5) is 8.78 Å². The van der Waals surface area contributed by atoms with Crippen molar-refractivity contribution in [3.8, 4) is 0 Å². The van der Waals surface area contributed by atoms with Gasteiger partial charge in [-0.3, -0.25) is 14.4 Å². The molecule has 0 fully saturated rings. The fraction of sp³-hybridized carbons (Fsp3) is 0.615. The number of carbonyl (C=O) groups is 3. The molecular formula is C13H20F2N6O3. The number of alkyl halides is 2. The Morgan fingerprint density at radius 1 is 1.42 bits per heavy atom. The molecule has 134 valence electrons. The van der Waals surface area contributed by atoms with E-state index in [9.17, 15) is 23.2 Å². The third-order valence-electron chi connectivity index (χ3n) is 3.22. The Hall–Kier alpha value is -2.59. The molecule has 9 nitrogen and oxygen atoms in total. The Balaban J connectivity index is 2.57. The van der Waals surface area contributed by atoms with Gasteiger partial charge in [0.25, 0.3) is 12.3 Å². The second-order valence-corrected chi connectivity index (χ2v) is 5.07. The Bertz CT molecular complexity index is 592. The Labute approximate surface area is 137 Å². The van der Waals surface area contributed by atoms with E-state index in [1.807, 2.05) is 6.92 Å². The summed E-state index contributed by atoms with van der Waals surface area (Å²) in [5.41, 5.74) is 5.06. The van der Waals surface area contributed by atoms with Crippen molar-refractivity contribution in [1.29, 1.82) is 0 Å². The van der Waals surface area contributed by atoms with Crippen molar-refractivity contribution in [2.24, 2.45) is 5.73 Å². The van der Waals surface area contributed by atoms with Gasteiger partial charge in [0.1, 0.15) is 12.6 Å². The molecule has 0 aliphatic heterocycles. The van der Waals surface area contributed by atoms with Gasteiger partial charge in [0.05, 0.1) is 12.7 Å². The molecule has 0 bridgehead atoms. The lowest BCUT2D eigenvalue weighted by Gasteiger charge is -2.25. The van der Waals surface area contributed by atoms with Crippen LogP contribution in [0.2, 0.25) is 0 Å². The van der Waals surface area contributed by atoms with Gasteiger partial charge in [-0.25, -0.2) is 8.78 Å². The van der Waals surface area contributed by atoms with Crippen molar-refractivity contribution < 1.29 is 23.2 Å². The molecule has 1 aromatic heterocycles. The zero-order chi connectivity index (χ0) is 18.3. The van der Waals surface area contributed by atoms with Crippen molar-refractivity contribution >= 4 is 17.7 Å². The van der Waals surface area contributed by atoms with Crippen LogP contribution in [-0.2, 0) is 16.1 Å². The van der Waals surface area contributed by atoms with E-state index in [2.05, 4.69) is 15.5 Å². The summed E-state index contributed by atoms with van der Waals surface area (Å²) in [4.78, 5) is 37.0. The zero-order valence-corrected chi connectivity index (χ0v) is 13.4. The quantitative estimate of drug-likeness (QED) is 0.617. The van der Waals surface area contributed by atoms with E-state index in [4.69, 9.17) is 5.73 Å². The van der Waals surface area contributed by atoms with Crippen LogP contribution >= 0.6 is 0 Å². The Kier molecular flexibility index (Phi) is 7.21. The summed E-state index contributed by atoms with van der Waals surface area (Å²) in [5, 5.41) is 9.40. The first-order valence-electron chi connectivity index (χ1n) is 7.27. The van der Waals surface area contributed by atoms with Gasteiger partial charge in [-0.1, -0.05) is 13.3 Å². The van der Waals surface area contributed by atoms with Crippen molar-refractivity contribution in [2.45, 2.75) is 38.8 Å². The lowest BCUT2D eigenvalue weighted by Crippen LogP contribution is -2.48. The molecule has 0 saturated heterocycles. The minimum Gasteiger partial charge on any atom is -0.368 e. The van der Waals surface area contributed by atoms with E-state index in [1.54, 1.807) is 0 Å². The molecule has 1 unspecified atom stereocenters. The minimum atomic E-state index is -2.65. The number of nitrogens with zero attached hydrogens (tertiary/aromatic N) is 4. The number of halogens is 2. The van der Waals surface area contributed by atoms with Crippen LogP contribution < -0.4 is 11.1 Å². The van der Waals surface area contributed by atoms with Crippen LogP contribution in [0.1, 0.15) is 30.3 Å². The predicted octanol–water partition coefficient (Wildman–Crippen LogP) is -0.615. The first kappa shape index (κ1) is 19.5. The lowest BCUT2D eigenvalue weighted by atomic mass is 10.1. The monoisotopic (exact) mass is 346 g/mol. The summed E-state index contributed by atoms with van der Waals surface area (Å²) < 4.78 is 24.4. The predicted molar refractivity (Wildman–Crippen MR) is 79.0 cm³/mol. The molecule has 3 N–H and O–H groups in total. The van der Waals surface area contributed by atoms with Crippen LogP contribution in [0.5, 0.6) is 0 Å². The van der Waals surface area contributed by atoms with Crippen LogP contribution in [0.3, 0.4) is 0 Å². The highest BCUT2D eigenvalue weighted by Crippen LogP contribution is 2.05. The van der Waals surface area contributed by atoms with Gasteiger partial charge in [0.2, 0.25) is 11.8 Å². The first-order chi connectivity index (χ1) is 11.3. The molecule has 0 aliphatic carbocycles. The molecule has 3 amide bonds. The molecule has 1 rings (SSSR count). The molecule has 1 heterocycles. The third kappa shape index (κ3) is 5.56. The number of nitrogens with two attached hydrogens (primary N) is 1. The van der Waals surface area contributed by atoms with E-state index in [1.165, 1.54) is 11.9 Å². The number of aromatic nitrogens is 3. The molecule has 24 heavy (non-hydrogen) atoms. The number of amides is 3. The smallest absolute Gasteiger partial charge is 0.273 e. The van der Waals surface area contributed by atoms with Gasteiger partial charge in [-0.2, -0.15) is 9.90 Å². The fourth-order valence-corrected chi connectivity index (χ4v) is 1.96. The highest BCUT2D eigenvalue weighted by Gasteiger charge is 2.24. The topological polar surface area (TPSA) is 123 Å². The van der Waals surface area contributed by atoms with Gasteiger partial charge in [-0.15, -0.1) is 5.10 Å². The second kappa shape index (κ2) is 8.89. The summed E-state index contributed by atoms with van der Waals surface area (Å²) in [7, 11) is 1.42. The maximum absolute atomic E-state index is 12.2. The lowest BCUT2D eigenvalue weighted by molar-refractivity contribution is -0.137. The number of rotatable bonds is 9. The minimum absolute atomic E-state index is 0.189. The highest BCUT2D eigenvalue weighted by atomic mass is 19.3. The maximum atomic E-state index is 12.2. The summed E-state index contributed by atoms with van der Waals surface area (Å²) in [6.07, 6.45) is -0.555. The first-order valence-corrected chi connectivity index (χ1v) is 7.27. The molecule has 0 aromatic carbocycles. The number of likely N-dealkylation sites (N-methyl/N-ethyl adjacent to an activating group) is 1. The van der Waals surface area contributed by atoms with Gasteiger partial charge in [0.15, 0.2) is 5.69 Å². The van der Waals surface area contributed by atoms with Crippen molar-refractivity contribution in [2.75, 3.05) is 13.6 Å². The number of hydrogen-bond donors (Lipinski definition) is 2. The summed E-state index contributed by atoms with van der Waals surface area (Å²) in [6.45, 7) is 0.732. The van der Waals surface area contributed by atoms with E-state index >= 15 is 0 Å². The van der Waals surface area contributed by atoms with E-state index in [-0.39, 0.29) is 12.2 Å². The molecule has 0 saturated carbocycles. The van der Waals surface area contributed by atoms with Crippen LogP contribution in [0.25, 0.3) is 0 Å². The van der Waals surface area contributed by atoms with Gasteiger partial charge in [0, 0.05) is 7.05 Å². The molecule has 1 atom stereocenters. The molecule has 1 aromatic rings. The van der Waals surface area contributed by atoms with Gasteiger partial charge >= 0.3 is 0 Å². The summed E-state index contributed by atoms with van der Waals surface area (Å²) in [6, 6.07) is -0.758. The van der Waals surface area contributed by atoms with Crippen LogP contribution in [-0.4, -0.2) is 63.7 Å². The zero-order valence-electron chi connectivity index (χ0n) is 13.4. The molecule has 0 aliphatic rings. The van der Waals surface area contributed by atoms with Gasteiger partial charge in [-0.05, 0) is 6.42 Å². The summed E-state index contributed by atoms with van der Waals surface area (Å²) in [5.74, 6) is -1.88. The number of primary amides is 1.